The molecular formula is C16H22ClNO. The van der Waals surface area contributed by atoms with Gasteiger partial charge >= 0.3 is 0 Å². The fourth-order valence-electron chi connectivity index (χ4n) is 3.63. The van der Waals surface area contributed by atoms with Gasteiger partial charge in [-0.2, -0.15) is 0 Å². The summed E-state index contributed by atoms with van der Waals surface area (Å²) in [6, 6.07) is 2.06. The number of ether oxygens (including phenoxy) is 1. The van der Waals surface area contributed by atoms with Crippen molar-refractivity contribution in [3.8, 4) is 5.75 Å². The molecule has 1 aliphatic heterocycles. The van der Waals surface area contributed by atoms with Gasteiger partial charge in [0.2, 0.25) is 0 Å². The van der Waals surface area contributed by atoms with E-state index in [1.54, 1.807) is 0 Å². The highest BCUT2D eigenvalue weighted by molar-refractivity contribution is 6.32. The Hall–Kier alpha value is -0.730. The molecule has 3 rings (SSSR count). The Morgan fingerprint density at radius 3 is 2.68 bits per heavy atom. The third-order valence-electron chi connectivity index (χ3n) is 4.72. The summed E-state index contributed by atoms with van der Waals surface area (Å²) in [6.45, 7) is 2.96. The second kappa shape index (κ2) is 4.99. The van der Waals surface area contributed by atoms with Crippen LogP contribution in [0.25, 0.3) is 0 Å². The van der Waals surface area contributed by atoms with E-state index in [4.69, 9.17) is 22.1 Å². The van der Waals surface area contributed by atoms with Gasteiger partial charge in [0.15, 0.2) is 0 Å². The van der Waals surface area contributed by atoms with Gasteiger partial charge in [-0.05, 0) is 55.4 Å². The highest BCUT2D eigenvalue weighted by atomic mass is 35.5. The number of benzene rings is 1. The third kappa shape index (κ3) is 2.25. The molecule has 19 heavy (non-hydrogen) atoms. The first kappa shape index (κ1) is 13.3. The van der Waals surface area contributed by atoms with Crippen LogP contribution in [0.1, 0.15) is 55.2 Å². The first-order valence-corrected chi connectivity index (χ1v) is 7.74. The smallest absolute Gasteiger partial charge is 0.141 e. The SMILES string of the molecule is Cc1c(C2(N)CCCCC2)cc(Cl)c2c1CCCO2. The van der Waals surface area contributed by atoms with Crippen LogP contribution in [0, 0.1) is 6.92 Å². The number of hydrogen-bond acceptors (Lipinski definition) is 2. The molecule has 2 N–H and O–H groups in total. The Kier molecular flexibility index (Phi) is 3.48. The highest BCUT2D eigenvalue weighted by Crippen LogP contribution is 2.43. The molecule has 2 aliphatic rings. The normalized spacial score (nSPS) is 21.6. The van der Waals surface area contributed by atoms with Crippen LogP contribution in [0.4, 0.5) is 0 Å². The summed E-state index contributed by atoms with van der Waals surface area (Å²) in [7, 11) is 0. The van der Waals surface area contributed by atoms with Gasteiger partial charge in [0, 0.05) is 5.54 Å². The number of hydrogen-bond donors (Lipinski definition) is 1. The minimum atomic E-state index is -0.182. The minimum absolute atomic E-state index is 0.182. The molecule has 1 aromatic rings. The van der Waals surface area contributed by atoms with Gasteiger partial charge in [0.1, 0.15) is 5.75 Å². The van der Waals surface area contributed by atoms with Gasteiger partial charge in [-0.1, -0.05) is 30.9 Å². The third-order valence-corrected chi connectivity index (χ3v) is 5.00. The summed E-state index contributed by atoms with van der Waals surface area (Å²) in [5.41, 5.74) is 10.3. The average molecular weight is 280 g/mol. The van der Waals surface area contributed by atoms with Gasteiger partial charge < -0.3 is 10.5 Å². The molecule has 0 bridgehead atoms. The van der Waals surface area contributed by atoms with E-state index in [0.29, 0.717) is 0 Å². The topological polar surface area (TPSA) is 35.2 Å². The summed E-state index contributed by atoms with van der Waals surface area (Å²) >= 11 is 6.42. The molecule has 0 aromatic heterocycles. The second-order valence-corrected chi connectivity index (χ2v) is 6.41. The molecule has 3 heteroatoms. The van der Waals surface area contributed by atoms with E-state index in [9.17, 15) is 0 Å². The fourth-order valence-corrected chi connectivity index (χ4v) is 3.90. The van der Waals surface area contributed by atoms with Crippen molar-refractivity contribution in [2.24, 2.45) is 5.73 Å². The zero-order chi connectivity index (χ0) is 13.5. The molecule has 1 fully saturated rings. The Morgan fingerprint density at radius 1 is 1.21 bits per heavy atom. The lowest BCUT2D eigenvalue weighted by atomic mass is 9.75. The monoisotopic (exact) mass is 279 g/mol. The molecule has 104 valence electrons. The summed E-state index contributed by atoms with van der Waals surface area (Å²) in [6.07, 6.45) is 8.03. The first-order chi connectivity index (χ1) is 9.12. The lowest BCUT2D eigenvalue weighted by Gasteiger charge is -2.36. The Labute approximate surface area is 120 Å². The molecule has 1 heterocycles. The van der Waals surface area contributed by atoms with Crippen molar-refractivity contribution < 1.29 is 4.74 Å². The van der Waals surface area contributed by atoms with Crippen LogP contribution in [0.3, 0.4) is 0 Å². The van der Waals surface area contributed by atoms with E-state index in [-0.39, 0.29) is 5.54 Å². The summed E-state index contributed by atoms with van der Waals surface area (Å²) in [4.78, 5) is 0. The lowest BCUT2D eigenvalue weighted by Crippen LogP contribution is -2.39. The van der Waals surface area contributed by atoms with Crippen LogP contribution in [-0.4, -0.2) is 6.61 Å². The summed E-state index contributed by atoms with van der Waals surface area (Å²) in [5.74, 6) is 0.897. The van der Waals surface area contributed by atoms with Crippen molar-refractivity contribution in [3.63, 3.8) is 0 Å². The Balaban J connectivity index is 2.09. The van der Waals surface area contributed by atoms with E-state index in [1.807, 2.05) is 0 Å². The molecule has 0 spiro atoms. The molecule has 0 unspecified atom stereocenters. The van der Waals surface area contributed by atoms with E-state index in [0.717, 1.165) is 43.1 Å². The van der Waals surface area contributed by atoms with Crippen LogP contribution in [-0.2, 0) is 12.0 Å². The number of fused-ring (bicyclic) bond motifs is 1. The van der Waals surface area contributed by atoms with Crippen LogP contribution >= 0.6 is 11.6 Å². The van der Waals surface area contributed by atoms with E-state index in [1.165, 1.54) is 36.0 Å². The van der Waals surface area contributed by atoms with Gasteiger partial charge in [0.05, 0.1) is 11.6 Å². The number of nitrogens with two attached hydrogens (primary N) is 1. The predicted octanol–water partition coefficient (Wildman–Crippen LogP) is 4.09. The summed E-state index contributed by atoms with van der Waals surface area (Å²) in [5, 5.41) is 0.741. The predicted molar refractivity (Wildman–Crippen MR) is 79.0 cm³/mol. The van der Waals surface area contributed by atoms with E-state index in [2.05, 4.69) is 13.0 Å². The largest absolute Gasteiger partial charge is 0.492 e. The van der Waals surface area contributed by atoms with Crippen molar-refractivity contribution in [3.05, 3.63) is 27.8 Å². The fraction of sp³-hybridized carbons (Fsp3) is 0.625. The van der Waals surface area contributed by atoms with Crippen molar-refractivity contribution >= 4 is 11.6 Å². The van der Waals surface area contributed by atoms with Crippen molar-refractivity contribution in [2.45, 2.75) is 57.4 Å². The standard InChI is InChI=1S/C16H22ClNO/c1-11-12-6-5-9-19-15(12)14(17)10-13(11)16(18)7-3-2-4-8-16/h10H,2-9,18H2,1H3. The van der Waals surface area contributed by atoms with Crippen LogP contribution in [0.5, 0.6) is 5.75 Å². The van der Waals surface area contributed by atoms with E-state index < -0.39 is 0 Å². The highest BCUT2D eigenvalue weighted by Gasteiger charge is 2.33. The zero-order valence-electron chi connectivity index (χ0n) is 11.6. The van der Waals surface area contributed by atoms with Crippen LogP contribution in [0.15, 0.2) is 6.07 Å². The molecule has 0 radical (unpaired) electrons. The molecule has 0 amide bonds. The van der Waals surface area contributed by atoms with E-state index >= 15 is 0 Å². The minimum Gasteiger partial charge on any atom is -0.492 e. The van der Waals surface area contributed by atoms with Gasteiger partial charge in [-0.25, -0.2) is 0 Å². The molecule has 1 aliphatic carbocycles. The molecule has 1 aromatic carbocycles. The molecular weight excluding hydrogens is 258 g/mol. The lowest BCUT2D eigenvalue weighted by molar-refractivity contribution is 0.282. The zero-order valence-corrected chi connectivity index (χ0v) is 12.4. The van der Waals surface area contributed by atoms with Crippen LogP contribution in [0.2, 0.25) is 5.02 Å². The molecule has 2 nitrogen and oxygen atoms in total. The molecule has 0 saturated heterocycles. The van der Waals surface area contributed by atoms with Crippen molar-refractivity contribution in [1.82, 2.24) is 0 Å². The quantitative estimate of drug-likeness (QED) is 0.840. The number of rotatable bonds is 1. The van der Waals surface area contributed by atoms with Gasteiger partial charge in [-0.15, -0.1) is 0 Å². The first-order valence-electron chi connectivity index (χ1n) is 7.36. The summed E-state index contributed by atoms with van der Waals surface area (Å²) < 4.78 is 5.74. The maximum atomic E-state index is 6.68. The Morgan fingerprint density at radius 2 is 1.95 bits per heavy atom. The maximum absolute atomic E-state index is 6.68. The van der Waals surface area contributed by atoms with Gasteiger partial charge in [-0.3, -0.25) is 0 Å². The van der Waals surface area contributed by atoms with Crippen molar-refractivity contribution in [2.75, 3.05) is 6.61 Å². The van der Waals surface area contributed by atoms with Crippen LogP contribution < -0.4 is 10.5 Å². The Bertz CT molecular complexity index is 492. The molecule has 1 saturated carbocycles. The second-order valence-electron chi connectivity index (χ2n) is 6.01. The average Bonchev–Trinajstić information content (AvgIpc) is 2.43. The number of halogens is 1. The van der Waals surface area contributed by atoms with Gasteiger partial charge in [0.25, 0.3) is 0 Å². The van der Waals surface area contributed by atoms with Crippen molar-refractivity contribution in [1.29, 1.82) is 0 Å². The molecule has 0 atom stereocenters. The maximum Gasteiger partial charge on any atom is 0.141 e.